The third-order valence-electron chi connectivity index (χ3n) is 2.77. The van der Waals surface area contributed by atoms with Crippen LogP contribution in [0.3, 0.4) is 0 Å². The van der Waals surface area contributed by atoms with Gasteiger partial charge in [0.1, 0.15) is 0 Å². The minimum absolute atomic E-state index is 0.0468. The minimum atomic E-state index is -0.0468. The van der Waals surface area contributed by atoms with E-state index in [-0.39, 0.29) is 11.9 Å². The maximum absolute atomic E-state index is 12.4. The number of nitriles is 1. The quantitative estimate of drug-likeness (QED) is 0.836. The first-order chi connectivity index (χ1) is 8.47. The van der Waals surface area contributed by atoms with Crippen LogP contribution >= 0.6 is 11.6 Å². The number of hydrogen-bond acceptors (Lipinski definition) is 2. The lowest BCUT2D eigenvalue weighted by atomic mass is 10.1. The van der Waals surface area contributed by atoms with E-state index in [0.29, 0.717) is 23.6 Å². The second kappa shape index (κ2) is 6.42. The summed E-state index contributed by atoms with van der Waals surface area (Å²) in [4.78, 5) is 14.1. The smallest absolute Gasteiger partial charge is 0.254 e. The summed E-state index contributed by atoms with van der Waals surface area (Å²) in [6.45, 7) is 6.21. The molecule has 4 heteroatoms. The second-order valence-electron chi connectivity index (χ2n) is 4.46. The molecule has 0 fully saturated rings. The normalized spacial score (nSPS) is 10.2. The van der Waals surface area contributed by atoms with Gasteiger partial charge in [-0.1, -0.05) is 11.6 Å². The monoisotopic (exact) mass is 264 g/mol. The van der Waals surface area contributed by atoms with Gasteiger partial charge in [-0.3, -0.25) is 4.79 Å². The number of benzene rings is 1. The first-order valence-electron chi connectivity index (χ1n) is 5.91. The predicted molar refractivity (Wildman–Crippen MR) is 72.6 cm³/mol. The van der Waals surface area contributed by atoms with Crippen molar-refractivity contribution in [2.75, 3.05) is 6.54 Å². The van der Waals surface area contributed by atoms with E-state index in [4.69, 9.17) is 16.9 Å². The number of hydrogen-bond donors (Lipinski definition) is 0. The molecular weight excluding hydrogens is 248 g/mol. The predicted octanol–water partition coefficient (Wildman–Crippen LogP) is 3.41. The summed E-state index contributed by atoms with van der Waals surface area (Å²) < 4.78 is 0. The molecule has 0 aliphatic carbocycles. The van der Waals surface area contributed by atoms with Crippen LogP contribution in [0.1, 0.15) is 36.2 Å². The number of carbonyl (C=O) groups is 1. The highest BCUT2D eigenvalue weighted by molar-refractivity contribution is 6.30. The summed E-state index contributed by atoms with van der Waals surface area (Å²) in [7, 11) is 0. The number of aryl methyl sites for hydroxylation is 1. The van der Waals surface area contributed by atoms with Crippen LogP contribution in [0.4, 0.5) is 0 Å². The zero-order chi connectivity index (χ0) is 13.7. The molecule has 0 aliphatic rings. The highest BCUT2D eigenvalue weighted by atomic mass is 35.5. The van der Waals surface area contributed by atoms with E-state index < -0.39 is 0 Å². The SMILES string of the molecule is Cc1cc(Cl)ccc1C(=O)N(CCC#N)C(C)C. The Hall–Kier alpha value is -1.53. The van der Waals surface area contributed by atoms with Crippen LogP contribution in [-0.4, -0.2) is 23.4 Å². The fraction of sp³-hybridized carbons (Fsp3) is 0.429. The van der Waals surface area contributed by atoms with Gasteiger partial charge < -0.3 is 4.90 Å². The van der Waals surface area contributed by atoms with Gasteiger partial charge in [0.25, 0.3) is 5.91 Å². The van der Waals surface area contributed by atoms with Gasteiger partial charge >= 0.3 is 0 Å². The third kappa shape index (κ3) is 3.48. The van der Waals surface area contributed by atoms with Crippen molar-refractivity contribution in [3.05, 3.63) is 34.3 Å². The summed E-state index contributed by atoms with van der Waals surface area (Å²) in [6, 6.07) is 7.36. The van der Waals surface area contributed by atoms with Crippen molar-refractivity contribution < 1.29 is 4.79 Å². The van der Waals surface area contributed by atoms with Crippen LogP contribution in [0.25, 0.3) is 0 Å². The van der Waals surface area contributed by atoms with Gasteiger partial charge in [0, 0.05) is 23.2 Å². The van der Waals surface area contributed by atoms with Crippen molar-refractivity contribution in [1.29, 1.82) is 5.26 Å². The molecule has 18 heavy (non-hydrogen) atoms. The molecule has 1 amide bonds. The van der Waals surface area contributed by atoms with Gasteiger partial charge in [-0.25, -0.2) is 0 Å². The Morgan fingerprint density at radius 2 is 2.17 bits per heavy atom. The van der Waals surface area contributed by atoms with Crippen molar-refractivity contribution >= 4 is 17.5 Å². The van der Waals surface area contributed by atoms with Crippen molar-refractivity contribution in [2.24, 2.45) is 0 Å². The summed E-state index contributed by atoms with van der Waals surface area (Å²) >= 11 is 5.88. The molecule has 0 saturated heterocycles. The number of rotatable bonds is 4. The largest absolute Gasteiger partial charge is 0.335 e. The highest BCUT2D eigenvalue weighted by Gasteiger charge is 2.19. The Morgan fingerprint density at radius 3 is 2.67 bits per heavy atom. The molecule has 1 rings (SSSR count). The lowest BCUT2D eigenvalue weighted by Crippen LogP contribution is -2.38. The van der Waals surface area contributed by atoms with Gasteiger partial charge in [0.2, 0.25) is 0 Å². The highest BCUT2D eigenvalue weighted by Crippen LogP contribution is 2.18. The van der Waals surface area contributed by atoms with E-state index in [1.165, 1.54) is 0 Å². The van der Waals surface area contributed by atoms with Crippen molar-refractivity contribution in [3.8, 4) is 6.07 Å². The van der Waals surface area contributed by atoms with E-state index in [9.17, 15) is 4.79 Å². The lowest BCUT2D eigenvalue weighted by Gasteiger charge is -2.26. The van der Waals surface area contributed by atoms with E-state index in [1.54, 1.807) is 23.1 Å². The molecule has 0 aromatic heterocycles. The molecule has 1 aromatic rings. The van der Waals surface area contributed by atoms with E-state index in [1.807, 2.05) is 20.8 Å². The van der Waals surface area contributed by atoms with Gasteiger partial charge in [0.05, 0.1) is 12.5 Å². The molecule has 0 aliphatic heterocycles. The average molecular weight is 265 g/mol. The molecule has 96 valence electrons. The van der Waals surface area contributed by atoms with Crippen LogP contribution in [0.5, 0.6) is 0 Å². The fourth-order valence-corrected chi connectivity index (χ4v) is 2.01. The molecule has 1 aromatic carbocycles. The minimum Gasteiger partial charge on any atom is -0.335 e. The summed E-state index contributed by atoms with van der Waals surface area (Å²) in [5, 5.41) is 9.26. The van der Waals surface area contributed by atoms with Crippen LogP contribution in [0.2, 0.25) is 5.02 Å². The van der Waals surface area contributed by atoms with Crippen LogP contribution in [0.15, 0.2) is 18.2 Å². The number of amides is 1. The van der Waals surface area contributed by atoms with Crippen molar-refractivity contribution in [2.45, 2.75) is 33.2 Å². The van der Waals surface area contributed by atoms with Crippen LogP contribution < -0.4 is 0 Å². The molecule has 0 atom stereocenters. The lowest BCUT2D eigenvalue weighted by molar-refractivity contribution is 0.0709. The first-order valence-corrected chi connectivity index (χ1v) is 6.29. The van der Waals surface area contributed by atoms with E-state index in [2.05, 4.69) is 6.07 Å². The molecule has 3 nitrogen and oxygen atoms in total. The number of carbonyl (C=O) groups excluding carboxylic acids is 1. The summed E-state index contributed by atoms with van der Waals surface area (Å²) in [5.74, 6) is -0.0468. The average Bonchev–Trinajstić information content (AvgIpc) is 2.28. The molecule has 0 bridgehead atoms. The molecule has 0 N–H and O–H groups in total. The maximum Gasteiger partial charge on any atom is 0.254 e. The van der Waals surface area contributed by atoms with Crippen LogP contribution in [-0.2, 0) is 0 Å². The van der Waals surface area contributed by atoms with E-state index >= 15 is 0 Å². The van der Waals surface area contributed by atoms with Gasteiger partial charge in [-0.05, 0) is 44.5 Å². The standard InChI is InChI=1S/C14H17ClN2O/c1-10(2)17(8-4-7-16)14(18)13-6-5-12(15)9-11(13)3/h5-6,9-10H,4,8H2,1-3H3. The summed E-state index contributed by atoms with van der Waals surface area (Å²) in [6.07, 6.45) is 0.344. The zero-order valence-corrected chi connectivity index (χ0v) is 11.7. The maximum atomic E-state index is 12.4. The molecule has 0 saturated carbocycles. The Labute approximate surface area is 113 Å². The Balaban J connectivity index is 2.99. The second-order valence-corrected chi connectivity index (χ2v) is 4.90. The van der Waals surface area contributed by atoms with Gasteiger partial charge in [-0.15, -0.1) is 0 Å². The molecule has 0 radical (unpaired) electrons. The topological polar surface area (TPSA) is 44.1 Å². The Kier molecular flexibility index (Phi) is 5.18. The van der Waals surface area contributed by atoms with Crippen molar-refractivity contribution in [3.63, 3.8) is 0 Å². The van der Waals surface area contributed by atoms with Crippen LogP contribution in [0, 0.1) is 18.3 Å². The molecule has 0 heterocycles. The molecule has 0 spiro atoms. The zero-order valence-electron chi connectivity index (χ0n) is 10.9. The number of nitrogens with zero attached hydrogens (tertiary/aromatic N) is 2. The fourth-order valence-electron chi connectivity index (χ4n) is 1.79. The van der Waals surface area contributed by atoms with Gasteiger partial charge in [0.15, 0.2) is 0 Å². The Bertz CT molecular complexity index is 477. The Morgan fingerprint density at radius 1 is 1.50 bits per heavy atom. The summed E-state index contributed by atoms with van der Waals surface area (Å²) in [5.41, 5.74) is 1.50. The molecule has 0 unspecified atom stereocenters. The third-order valence-corrected chi connectivity index (χ3v) is 3.00. The molecular formula is C14H17ClN2O. The first kappa shape index (κ1) is 14.5. The number of halogens is 1. The van der Waals surface area contributed by atoms with Crippen molar-refractivity contribution in [1.82, 2.24) is 4.90 Å². The van der Waals surface area contributed by atoms with E-state index in [0.717, 1.165) is 5.56 Å². The van der Waals surface area contributed by atoms with Gasteiger partial charge in [-0.2, -0.15) is 5.26 Å².